The first-order valence-corrected chi connectivity index (χ1v) is 10.1. The van der Waals surface area contributed by atoms with Gasteiger partial charge in [-0.05, 0) is 40.2 Å². The maximum absolute atomic E-state index is 13.4. The summed E-state index contributed by atoms with van der Waals surface area (Å²) < 4.78 is 45.9. The second-order valence-corrected chi connectivity index (χ2v) is 7.73. The third-order valence-electron chi connectivity index (χ3n) is 4.20. The van der Waals surface area contributed by atoms with E-state index in [0.717, 1.165) is 18.2 Å². The molecule has 1 heterocycles. The van der Waals surface area contributed by atoms with E-state index < -0.39 is 29.4 Å². The minimum atomic E-state index is -4.72. The molecule has 3 aromatic rings. The lowest BCUT2D eigenvalue weighted by Gasteiger charge is -2.17. The van der Waals surface area contributed by atoms with Crippen molar-refractivity contribution in [2.45, 2.75) is 6.18 Å². The van der Waals surface area contributed by atoms with Crippen molar-refractivity contribution in [2.24, 2.45) is 0 Å². The lowest BCUT2D eigenvalue weighted by molar-refractivity contribution is -0.138. The molecule has 0 aliphatic rings. The Balaban J connectivity index is 1.80. The van der Waals surface area contributed by atoms with Crippen molar-refractivity contribution in [2.75, 3.05) is 24.3 Å². The number of halogens is 4. The lowest BCUT2D eigenvalue weighted by atomic mass is 10.1. The van der Waals surface area contributed by atoms with E-state index in [0.29, 0.717) is 10.2 Å². The Hall–Kier alpha value is -3.67. The van der Waals surface area contributed by atoms with Crippen LogP contribution in [0.15, 0.2) is 59.3 Å². The molecule has 33 heavy (non-hydrogen) atoms. The van der Waals surface area contributed by atoms with Gasteiger partial charge in [0.05, 0.1) is 15.6 Å². The van der Waals surface area contributed by atoms with Crippen molar-refractivity contribution in [3.63, 3.8) is 0 Å². The Morgan fingerprint density at radius 3 is 2.36 bits per heavy atom. The molecule has 0 aliphatic carbocycles. The molecular weight excluding hydrogens is 507 g/mol. The number of urea groups is 1. The predicted molar refractivity (Wildman–Crippen MR) is 119 cm³/mol. The molecule has 1 aromatic heterocycles. The average molecular weight is 524 g/mol. The number of alkyl halides is 3. The smallest absolute Gasteiger partial charge is 0.419 e. The van der Waals surface area contributed by atoms with Gasteiger partial charge in [-0.2, -0.15) is 13.2 Å². The quantitative estimate of drug-likeness (QED) is 0.484. The minimum absolute atomic E-state index is 0.0405. The number of para-hydroxylation sites is 1. The second-order valence-electron chi connectivity index (χ2n) is 6.81. The Bertz CT molecular complexity index is 1170. The van der Waals surface area contributed by atoms with Crippen LogP contribution in [0.1, 0.15) is 15.9 Å². The number of carbonyl (C=O) groups excluding carboxylic acids is 2. The fraction of sp³-hybridized carbons (Fsp3) is 0.143. The number of nitrogens with one attached hydrogen (secondary N) is 2. The minimum Gasteiger partial charge on any atom is -0.424 e. The molecule has 12 heteroatoms. The van der Waals surface area contributed by atoms with Crippen LogP contribution < -0.4 is 20.3 Å². The van der Waals surface area contributed by atoms with Crippen molar-refractivity contribution in [1.29, 1.82) is 0 Å². The highest BCUT2D eigenvalue weighted by atomic mass is 79.9. The van der Waals surface area contributed by atoms with Crippen molar-refractivity contribution in [3.05, 3.63) is 70.5 Å². The van der Waals surface area contributed by atoms with Crippen LogP contribution in [0, 0.1) is 0 Å². The largest absolute Gasteiger partial charge is 0.424 e. The van der Waals surface area contributed by atoms with Gasteiger partial charge < -0.3 is 15.0 Å². The standard InChI is InChI=1S/C21H17BrF3N5O3/c1-30(2)16-6-4-3-5-14(16)18(31)29-19(32)28-13-7-8-15(21(23,24)25)17(9-13)33-20-26-10-12(22)11-27-20/h3-11H,1-2H3,(H2,28,29,31,32). The van der Waals surface area contributed by atoms with Crippen LogP contribution in [-0.2, 0) is 6.18 Å². The van der Waals surface area contributed by atoms with Crippen LogP contribution in [0.25, 0.3) is 0 Å². The zero-order valence-corrected chi connectivity index (χ0v) is 18.9. The fourth-order valence-corrected chi connectivity index (χ4v) is 2.96. The molecule has 3 rings (SSSR count). The van der Waals surface area contributed by atoms with Crippen molar-refractivity contribution in [1.82, 2.24) is 15.3 Å². The Labute approximate surface area is 194 Å². The first-order valence-electron chi connectivity index (χ1n) is 9.30. The highest BCUT2D eigenvalue weighted by Gasteiger charge is 2.35. The van der Waals surface area contributed by atoms with Crippen LogP contribution in [0.5, 0.6) is 11.8 Å². The molecular formula is C21H17BrF3N5O3. The third-order valence-corrected chi connectivity index (χ3v) is 4.61. The van der Waals surface area contributed by atoms with Crippen molar-refractivity contribution < 1.29 is 27.5 Å². The number of carbonyl (C=O) groups is 2. The number of hydrogen-bond acceptors (Lipinski definition) is 6. The van der Waals surface area contributed by atoms with Gasteiger partial charge in [0.25, 0.3) is 5.91 Å². The summed E-state index contributed by atoms with van der Waals surface area (Å²) in [6, 6.07) is 8.13. The zero-order chi connectivity index (χ0) is 24.2. The van der Waals surface area contributed by atoms with E-state index in [2.05, 4.69) is 36.5 Å². The number of hydrogen-bond donors (Lipinski definition) is 2. The van der Waals surface area contributed by atoms with E-state index in [4.69, 9.17) is 4.74 Å². The van der Waals surface area contributed by atoms with Crippen LogP contribution in [0.2, 0.25) is 0 Å². The van der Waals surface area contributed by atoms with Gasteiger partial charge in [0.15, 0.2) is 0 Å². The molecule has 0 bridgehead atoms. The maximum atomic E-state index is 13.4. The summed E-state index contributed by atoms with van der Waals surface area (Å²) in [6.07, 6.45) is -2.11. The SMILES string of the molecule is CN(C)c1ccccc1C(=O)NC(=O)Nc1ccc(C(F)(F)F)c(Oc2ncc(Br)cn2)c1. The predicted octanol–water partition coefficient (Wildman–Crippen LogP) is 5.08. The zero-order valence-electron chi connectivity index (χ0n) is 17.3. The summed E-state index contributed by atoms with van der Waals surface area (Å²) in [5.41, 5.74) is -0.290. The Morgan fingerprint density at radius 2 is 1.73 bits per heavy atom. The van der Waals surface area contributed by atoms with Gasteiger partial charge in [-0.15, -0.1) is 0 Å². The summed E-state index contributed by atoms with van der Waals surface area (Å²) in [6.45, 7) is 0. The van der Waals surface area contributed by atoms with Gasteiger partial charge in [0.1, 0.15) is 5.75 Å². The number of ether oxygens (including phenoxy) is 1. The van der Waals surface area contributed by atoms with E-state index in [1.807, 2.05) is 0 Å². The van der Waals surface area contributed by atoms with E-state index >= 15 is 0 Å². The van der Waals surface area contributed by atoms with Crippen LogP contribution in [-0.4, -0.2) is 36.0 Å². The normalized spacial score (nSPS) is 11.0. The molecule has 0 unspecified atom stereocenters. The highest BCUT2D eigenvalue weighted by molar-refractivity contribution is 9.10. The van der Waals surface area contributed by atoms with Crippen molar-refractivity contribution >= 4 is 39.2 Å². The second kappa shape index (κ2) is 9.86. The lowest BCUT2D eigenvalue weighted by Crippen LogP contribution is -2.35. The van der Waals surface area contributed by atoms with E-state index in [1.165, 1.54) is 12.4 Å². The first-order chi connectivity index (χ1) is 15.5. The monoisotopic (exact) mass is 523 g/mol. The van der Waals surface area contributed by atoms with Gasteiger partial charge in [-0.1, -0.05) is 12.1 Å². The average Bonchev–Trinajstić information content (AvgIpc) is 2.74. The molecule has 0 spiro atoms. The van der Waals surface area contributed by atoms with Crippen LogP contribution >= 0.6 is 15.9 Å². The van der Waals surface area contributed by atoms with Gasteiger partial charge in [-0.3, -0.25) is 10.1 Å². The number of nitrogens with zero attached hydrogens (tertiary/aromatic N) is 3. The summed E-state index contributed by atoms with van der Waals surface area (Å²) >= 11 is 3.12. The topological polar surface area (TPSA) is 96.5 Å². The summed E-state index contributed by atoms with van der Waals surface area (Å²) in [4.78, 5) is 34.1. The molecule has 0 saturated heterocycles. The number of amides is 3. The molecule has 172 valence electrons. The summed E-state index contributed by atoms with van der Waals surface area (Å²) in [5, 5.41) is 4.48. The molecule has 0 saturated carbocycles. The number of benzene rings is 2. The van der Waals surface area contributed by atoms with Gasteiger partial charge in [0, 0.05) is 43.9 Å². The fourth-order valence-electron chi connectivity index (χ4n) is 2.76. The molecule has 8 nitrogen and oxygen atoms in total. The van der Waals surface area contributed by atoms with E-state index in [1.54, 1.807) is 43.3 Å². The molecule has 2 aromatic carbocycles. The summed E-state index contributed by atoms with van der Waals surface area (Å²) in [5.74, 6) is -1.30. The molecule has 0 aliphatic heterocycles. The van der Waals surface area contributed by atoms with Gasteiger partial charge in [0.2, 0.25) is 0 Å². The van der Waals surface area contributed by atoms with Gasteiger partial charge in [-0.25, -0.2) is 14.8 Å². The van der Waals surface area contributed by atoms with E-state index in [9.17, 15) is 22.8 Å². The van der Waals surface area contributed by atoms with E-state index in [-0.39, 0.29) is 17.3 Å². The van der Waals surface area contributed by atoms with Crippen LogP contribution in [0.3, 0.4) is 0 Å². The molecule has 2 N–H and O–H groups in total. The molecule has 0 radical (unpaired) electrons. The molecule has 0 fully saturated rings. The number of imide groups is 1. The third kappa shape index (κ3) is 6.19. The number of rotatable bonds is 5. The number of aromatic nitrogens is 2. The van der Waals surface area contributed by atoms with Crippen molar-refractivity contribution in [3.8, 4) is 11.8 Å². The van der Waals surface area contributed by atoms with Gasteiger partial charge >= 0.3 is 18.2 Å². The Kier molecular flexibility index (Phi) is 7.16. The first kappa shape index (κ1) is 24.0. The maximum Gasteiger partial charge on any atom is 0.419 e. The van der Waals surface area contributed by atoms with Crippen LogP contribution in [0.4, 0.5) is 29.3 Å². The summed E-state index contributed by atoms with van der Waals surface area (Å²) in [7, 11) is 3.48. The number of anilines is 2. The molecule has 0 atom stereocenters. The Morgan fingerprint density at radius 1 is 1.06 bits per heavy atom. The highest BCUT2D eigenvalue weighted by Crippen LogP contribution is 2.39. The molecule has 3 amide bonds.